The smallest absolute Gasteiger partial charge is 0.193 e. The Morgan fingerprint density at radius 2 is 2.03 bits per heavy atom. The first kappa shape index (κ1) is 22.4. The van der Waals surface area contributed by atoms with Crippen LogP contribution in [0.2, 0.25) is 0 Å². The van der Waals surface area contributed by atoms with Crippen LogP contribution in [0.15, 0.2) is 40.2 Å². The van der Waals surface area contributed by atoms with Crippen LogP contribution in [0.3, 0.4) is 0 Å². The minimum atomic E-state index is 0.680. The molecule has 2 saturated heterocycles. The van der Waals surface area contributed by atoms with Gasteiger partial charge in [-0.25, -0.2) is 0 Å². The van der Waals surface area contributed by atoms with Gasteiger partial charge in [-0.2, -0.15) is 0 Å². The molecule has 1 aromatic carbocycles. The maximum atomic E-state index is 5.87. The van der Waals surface area contributed by atoms with Crippen molar-refractivity contribution in [3.8, 4) is 0 Å². The zero-order chi connectivity index (χ0) is 20.2. The minimum Gasteiger partial charge on any atom is -0.381 e. The number of guanidine groups is 1. The van der Waals surface area contributed by atoms with E-state index in [1.54, 1.807) is 0 Å². The molecule has 0 amide bonds. The molecular weight excluding hydrogens is 382 g/mol. The molecule has 0 spiro atoms. The van der Waals surface area contributed by atoms with E-state index < -0.39 is 0 Å². The molecule has 6 heteroatoms. The molecular formula is C23H37N3O2S. The molecule has 1 aromatic rings. The van der Waals surface area contributed by atoms with Crippen LogP contribution in [0, 0.1) is 11.8 Å². The van der Waals surface area contributed by atoms with Crippen molar-refractivity contribution in [2.24, 2.45) is 16.8 Å². The Kier molecular flexibility index (Phi) is 10.2. The normalized spacial score (nSPS) is 20.9. The van der Waals surface area contributed by atoms with Gasteiger partial charge in [-0.05, 0) is 56.6 Å². The molecule has 162 valence electrons. The lowest BCUT2D eigenvalue weighted by Gasteiger charge is -2.22. The summed E-state index contributed by atoms with van der Waals surface area (Å²) in [7, 11) is 0. The van der Waals surface area contributed by atoms with Crippen molar-refractivity contribution in [3.05, 3.63) is 30.3 Å². The lowest BCUT2D eigenvalue weighted by Crippen LogP contribution is -2.40. The number of benzene rings is 1. The second-order valence-electron chi connectivity index (χ2n) is 7.94. The molecule has 1 atom stereocenters. The van der Waals surface area contributed by atoms with Crippen molar-refractivity contribution in [1.29, 1.82) is 0 Å². The summed E-state index contributed by atoms with van der Waals surface area (Å²) < 4.78 is 11.3. The predicted octanol–water partition coefficient (Wildman–Crippen LogP) is 3.90. The number of nitrogens with zero attached hydrogens (tertiary/aromatic N) is 2. The summed E-state index contributed by atoms with van der Waals surface area (Å²) in [4.78, 5) is 8.66. The van der Waals surface area contributed by atoms with Crippen LogP contribution in [0.1, 0.15) is 32.6 Å². The van der Waals surface area contributed by atoms with Gasteiger partial charge in [-0.15, -0.1) is 11.8 Å². The van der Waals surface area contributed by atoms with Crippen molar-refractivity contribution in [1.82, 2.24) is 10.2 Å². The number of aliphatic imine (C=N–C) groups is 1. The molecule has 0 radical (unpaired) electrons. The van der Waals surface area contributed by atoms with Gasteiger partial charge in [-0.1, -0.05) is 18.2 Å². The summed E-state index contributed by atoms with van der Waals surface area (Å²) in [5.74, 6) is 3.66. The van der Waals surface area contributed by atoms with E-state index in [2.05, 4.69) is 47.5 Å². The number of nitrogens with one attached hydrogen (secondary N) is 1. The molecule has 2 heterocycles. The van der Waals surface area contributed by atoms with Crippen molar-refractivity contribution in [3.63, 3.8) is 0 Å². The number of hydrogen-bond donors (Lipinski definition) is 1. The van der Waals surface area contributed by atoms with Crippen molar-refractivity contribution >= 4 is 17.7 Å². The SMILES string of the molecule is CCNC(=NCCCOCC1CCOCC1)N1CCC(CSc2ccccc2)C1. The summed E-state index contributed by atoms with van der Waals surface area (Å²) in [6.07, 6.45) is 4.51. The van der Waals surface area contributed by atoms with Crippen molar-refractivity contribution in [2.75, 3.05) is 58.4 Å². The highest BCUT2D eigenvalue weighted by Crippen LogP contribution is 2.25. The Morgan fingerprint density at radius 1 is 1.21 bits per heavy atom. The standard InChI is InChI=1S/C23H37N3O2S/c1-2-24-23(25-12-6-14-28-18-20-10-15-27-16-11-20)26-13-9-21(17-26)19-29-22-7-4-3-5-8-22/h3-5,7-8,20-21H,2,6,9-19H2,1H3,(H,24,25). The predicted molar refractivity (Wildman–Crippen MR) is 122 cm³/mol. The van der Waals surface area contributed by atoms with Gasteiger partial charge in [0.15, 0.2) is 5.96 Å². The van der Waals surface area contributed by atoms with Gasteiger partial charge in [0.25, 0.3) is 0 Å². The molecule has 29 heavy (non-hydrogen) atoms. The van der Waals surface area contributed by atoms with Crippen LogP contribution < -0.4 is 5.32 Å². The van der Waals surface area contributed by atoms with E-state index in [4.69, 9.17) is 14.5 Å². The summed E-state index contributed by atoms with van der Waals surface area (Å²) in [6.45, 7) is 9.56. The highest BCUT2D eigenvalue weighted by atomic mass is 32.2. The Labute approximate surface area is 180 Å². The van der Waals surface area contributed by atoms with E-state index in [0.717, 1.165) is 83.7 Å². The van der Waals surface area contributed by atoms with E-state index in [1.807, 2.05) is 11.8 Å². The molecule has 0 aliphatic carbocycles. The molecule has 0 saturated carbocycles. The van der Waals surface area contributed by atoms with Crippen LogP contribution in [-0.4, -0.2) is 69.2 Å². The fourth-order valence-electron chi connectivity index (χ4n) is 3.83. The molecule has 2 aliphatic heterocycles. The average Bonchev–Trinajstić information content (AvgIpc) is 3.24. The molecule has 1 unspecified atom stereocenters. The third-order valence-electron chi connectivity index (χ3n) is 5.55. The lowest BCUT2D eigenvalue weighted by atomic mass is 10.0. The quantitative estimate of drug-likeness (QED) is 0.270. The maximum Gasteiger partial charge on any atom is 0.193 e. The molecule has 0 bridgehead atoms. The Morgan fingerprint density at radius 3 is 2.83 bits per heavy atom. The number of rotatable bonds is 10. The monoisotopic (exact) mass is 419 g/mol. The minimum absolute atomic E-state index is 0.680. The van der Waals surface area contributed by atoms with E-state index in [9.17, 15) is 0 Å². The van der Waals surface area contributed by atoms with E-state index >= 15 is 0 Å². The molecule has 2 aliphatic rings. The second kappa shape index (κ2) is 13.1. The Hall–Kier alpha value is -1.24. The van der Waals surface area contributed by atoms with Gasteiger partial charge in [0.05, 0.1) is 0 Å². The van der Waals surface area contributed by atoms with Crippen molar-refractivity contribution < 1.29 is 9.47 Å². The molecule has 5 nitrogen and oxygen atoms in total. The fraction of sp³-hybridized carbons (Fsp3) is 0.696. The van der Waals surface area contributed by atoms with E-state index in [0.29, 0.717) is 5.92 Å². The Balaban J connectivity index is 1.33. The van der Waals surface area contributed by atoms with Gasteiger partial charge < -0.3 is 19.7 Å². The van der Waals surface area contributed by atoms with E-state index in [1.165, 1.54) is 17.1 Å². The second-order valence-corrected chi connectivity index (χ2v) is 9.04. The lowest BCUT2D eigenvalue weighted by molar-refractivity contribution is 0.0205. The third kappa shape index (κ3) is 8.19. The molecule has 3 rings (SSSR count). The summed E-state index contributed by atoms with van der Waals surface area (Å²) >= 11 is 1.97. The number of thioether (sulfide) groups is 1. The van der Waals surface area contributed by atoms with Gasteiger partial charge in [0.1, 0.15) is 0 Å². The first-order chi connectivity index (χ1) is 14.3. The topological polar surface area (TPSA) is 46.1 Å². The highest BCUT2D eigenvalue weighted by Gasteiger charge is 2.24. The van der Waals surface area contributed by atoms with Crippen molar-refractivity contribution in [2.45, 2.75) is 37.5 Å². The summed E-state index contributed by atoms with van der Waals surface area (Å²) in [6, 6.07) is 10.7. The van der Waals surface area contributed by atoms with Gasteiger partial charge in [0, 0.05) is 63.3 Å². The maximum absolute atomic E-state index is 5.87. The highest BCUT2D eigenvalue weighted by molar-refractivity contribution is 7.99. The van der Waals surface area contributed by atoms with Crippen LogP contribution >= 0.6 is 11.8 Å². The molecule has 2 fully saturated rings. The summed E-state index contributed by atoms with van der Waals surface area (Å²) in [5.41, 5.74) is 0. The zero-order valence-corrected chi connectivity index (χ0v) is 18.7. The average molecular weight is 420 g/mol. The van der Waals surface area contributed by atoms with Crippen LogP contribution in [-0.2, 0) is 9.47 Å². The Bertz CT molecular complexity index is 593. The summed E-state index contributed by atoms with van der Waals surface area (Å²) in [5, 5.41) is 3.48. The number of likely N-dealkylation sites (tertiary alicyclic amines) is 1. The van der Waals surface area contributed by atoms with Gasteiger partial charge >= 0.3 is 0 Å². The first-order valence-electron chi connectivity index (χ1n) is 11.2. The van der Waals surface area contributed by atoms with Gasteiger partial charge in [-0.3, -0.25) is 4.99 Å². The van der Waals surface area contributed by atoms with Crippen LogP contribution in [0.4, 0.5) is 0 Å². The van der Waals surface area contributed by atoms with Crippen LogP contribution in [0.25, 0.3) is 0 Å². The zero-order valence-electron chi connectivity index (χ0n) is 17.9. The van der Waals surface area contributed by atoms with Crippen LogP contribution in [0.5, 0.6) is 0 Å². The first-order valence-corrected chi connectivity index (χ1v) is 12.2. The number of ether oxygens (including phenoxy) is 2. The van der Waals surface area contributed by atoms with Gasteiger partial charge in [0.2, 0.25) is 0 Å². The number of hydrogen-bond acceptors (Lipinski definition) is 4. The third-order valence-corrected chi connectivity index (χ3v) is 6.80. The fourth-order valence-corrected chi connectivity index (χ4v) is 4.88. The molecule has 1 N–H and O–H groups in total. The van der Waals surface area contributed by atoms with E-state index in [-0.39, 0.29) is 0 Å². The molecule has 0 aromatic heterocycles. The largest absolute Gasteiger partial charge is 0.381 e.